The number of methoxy groups -OCH3 is 1. The van der Waals surface area contributed by atoms with Gasteiger partial charge in [0.1, 0.15) is 5.82 Å². The van der Waals surface area contributed by atoms with Crippen molar-refractivity contribution in [3.8, 4) is 11.1 Å². The predicted octanol–water partition coefficient (Wildman–Crippen LogP) is 3.28. The van der Waals surface area contributed by atoms with Crippen LogP contribution in [0.1, 0.15) is 10.5 Å². The zero-order chi connectivity index (χ0) is 13.1. The van der Waals surface area contributed by atoms with Gasteiger partial charge in [-0.05, 0) is 46.4 Å². The zero-order valence-electron chi connectivity index (χ0n) is 9.48. The van der Waals surface area contributed by atoms with Crippen molar-refractivity contribution in [2.75, 3.05) is 7.11 Å². The second-order valence-corrected chi connectivity index (χ2v) is 4.72. The Morgan fingerprint density at radius 1 is 1.28 bits per heavy atom. The normalized spacial score (nSPS) is 10.2. The standard InChI is InChI=1S/C13H9FINO2/c1-18-13(17)12-11(15)6-9(7-16-12)8-2-4-10(14)5-3-8/h2-7H,1H3. The molecular formula is C13H9FINO2. The number of nitrogens with zero attached hydrogens (tertiary/aromatic N) is 1. The molecule has 0 saturated carbocycles. The fraction of sp³-hybridized carbons (Fsp3) is 0.0769. The van der Waals surface area contributed by atoms with Gasteiger partial charge in [-0.25, -0.2) is 14.2 Å². The van der Waals surface area contributed by atoms with Gasteiger partial charge in [0.05, 0.1) is 7.11 Å². The van der Waals surface area contributed by atoms with E-state index in [2.05, 4.69) is 9.72 Å². The molecule has 0 unspecified atom stereocenters. The molecule has 5 heteroatoms. The summed E-state index contributed by atoms with van der Waals surface area (Å²) in [4.78, 5) is 15.5. The summed E-state index contributed by atoms with van der Waals surface area (Å²) in [6, 6.07) is 7.92. The highest BCUT2D eigenvalue weighted by Gasteiger charge is 2.12. The van der Waals surface area contributed by atoms with Crippen molar-refractivity contribution in [3.63, 3.8) is 0 Å². The van der Waals surface area contributed by atoms with Gasteiger partial charge in [0, 0.05) is 15.3 Å². The van der Waals surface area contributed by atoms with E-state index in [1.807, 2.05) is 28.7 Å². The van der Waals surface area contributed by atoms with Gasteiger partial charge in [0.25, 0.3) is 0 Å². The van der Waals surface area contributed by atoms with Crippen LogP contribution in [-0.2, 0) is 4.74 Å². The fourth-order valence-electron chi connectivity index (χ4n) is 1.48. The highest BCUT2D eigenvalue weighted by atomic mass is 127. The van der Waals surface area contributed by atoms with Crippen LogP contribution < -0.4 is 0 Å². The SMILES string of the molecule is COC(=O)c1ncc(-c2ccc(F)cc2)cc1I. The minimum Gasteiger partial charge on any atom is -0.464 e. The molecule has 0 saturated heterocycles. The van der Waals surface area contributed by atoms with Gasteiger partial charge in [-0.15, -0.1) is 0 Å². The van der Waals surface area contributed by atoms with Gasteiger partial charge in [0.2, 0.25) is 0 Å². The van der Waals surface area contributed by atoms with E-state index in [-0.39, 0.29) is 11.5 Å². The summed E-state index contributed by atoms with van der Waals surface area (Å²) in [5.74, 6) is -0.752. The summed E-state index contributed by atoms with van der Waals surface area (Å²) in [6.07, 6.45) is 1.57. The van der Waals surface area contributed by atoms with Gasteiger partial charge >= 0.3 is 5.97 Å². The van der Waals surface area contributed by atoms with Gasteiger partial charge < -0.3 is 4.74 Å². The van der Waals surface area contributed by atoms with Crippen LogP contribution in [0.3, 0.4) is 0 Å². The molecule has 1 heterocycles. The first-order valence-electron chi connectivity index (χ1n) is 5.11. The maximum atomic E-state index is 12.8. The number of aromatic nitrogens is 1. The molecule has 0 atom stereocenters. The lowest BCUT2D eigenvalue weighted by atomic mass is 10.1. The minimum absolute atomic E-state index is 0.281. The van der Waals surface area contributed by atoms with E-state index in [4.69, 9.17) is 0 Å². The Balaban J connectivity index is 2.40. The molecule has 18 heavy (non-hydrogen) atoms. The number of carbonyl (C=O) groups excluding carboxylic acids is 1. The van der Waals surface area contributed by atoms with Crippen LogP contribution in [0, 0.1) is 9.39 Å². The van der Waals surface area contributed by atoms with Crippen molar-refractivity contribution in [1.29, 1.82) is 0 Å². The Morgan fingerprint density at radius 2 is 1.94 bits per heavy atom. The molecule has 0 aliphatic rings. The van der Waals surface area contributed by atoms with Crippen molar-refractivity contribution in [3.05, 3.63) is 51.6 Å². The first-order chi connectivity index (χ1) is 8.61. The highest BCUT2D eigenvalue weighted by Crippen LogP contribution is 2.22. The first kappa shape index (κ1) is 12.9. The van der Waals surface area contributed by atoms with Gasteiger partial charge in [-0.1, -0.05) is 12.1 Å². The van der Waals surface area contributed by atoms with Gasteiger partial charge in [-0.2, -0.15) is 0 Å². The van der Waals surface area contributed by atoms with Crippen LogP contribution in [0.25, 0.3) is 11.1 Å². The van der Waals surface area contributed by atoms with E-state index in [1.54, 1.807) is 18.3 Å². The van der Waals surface area contributed by atoms with E-state index in [0.29, 0.717) is 3.57 Å². The molecule has 92 valence electrons. The Morgan fingerprint density at radius 3 is 2.50 bits per heavy atom. The lowest BCUT2D eigenvalue weighted by Crippen LogP contribution is -2.06. The molecule has 0 spiro atoms. The molecule has 1 aromatic heterocycles. The topological polar surface area (TPSA) is 39.2 Å². The lowest BCUT2D eigenvalue weighted by molar-refractivity contribution is 0.0593. The van der Waals surface area contributed by atoms with Crippen LogP contribution in [0.2, 0.25) is 0 Å². The van der Waals surface area contributed by atoms with Crippen LogP contribution in [0.5, 0.6) is 0 Å². The van der Waals surface area contributed by atoms with E-state index in [1.165, 1.54) is 19.2 Å². The smallest absolute Gasteiger partial charge is 0.357 e. The quantitative estimate of drug-likeness (QED) is 0.612. The lowest BCUT2D eigenvalue weighted by Gasteiger charge is -2.05. The average molecular weight is 357 g/mol. The Labute approximate surface area is 117 Å². The molecule has 0 radical (unpaired) electrons. The third-order valence-electron chi connectivity index (χ3n) is 2.40. The van der Waals surface area contributed by atoms with E-state index < -0.39 is 5.97 Å². The molecule has 0 aliphatic carbocycles. The van der Waals surface area contributed by atoms with Crippen molar-refractivity contribution < 1.29 is 13.9 Å². The maximum absolute atomic E-state index is 12.8. The number of hydrogen-bond acceptors (Lipinski definition) is 3. The predicted molar refractivity (Wildman–Crippen MR) is 73.7 cm³/mol. The number of ether oxygens (including phenoxy) is 1. The highest BCUT2D eigenvalue weighted by molar-refractivity contribution is 14.1. The number of pyridine rings is 1. The summed E-state index contributed by atoms with van der Waals surface area (Å²) in [5, 5.41) is 0. The van der Waals surface area contributed by atoms with Gasteiger partial charge in [-0.3, -0.25) is 0 Å². The summed E-state index contributed by atoms with van der Waals surface area (Å²) < 4.78 is 18.1. The van der Waals surface area contributed by atoms with E-state index in [9.17, 15) is 9.18 Å². The zero-order valence-corrected chi connectivity index (χ0v) is 11.6. The molecule has 1 aromatic carbocycles. The number of hydrogen-bond donors (Lipinski definition) is 0. The average Bonchev–Trinajstić information content (AvgIpc) is 2.38. The third kappa shape index (κ3) is 2.66. The molecule has 2 aromatic rings. The molecule has 3 nitrogen and oxygen atoms in total. The monoisotopic (exact) mass is 357 g/mol. The summed E-state index contributed by atoms with van der Waals surface area (Å²) >= 11 is 2.02. The Hall–Kier alpha value is -1.50. The van der Waals surface area contributed by atoms with Crippen LogP contribution in [0.15, 0.2) is 36.5 Å². The first-order valence-corrected chi connectivity index (χ1v) is 6.19. The molecule has 2 rings (SSSR count). The summed E-state index contributed by atoms with van der Waals surface area (Å²) in [6.45, 7) is 0. The van der Waals surface area contributed by atoms with Gasteiger partial charge in [0.15, 0.2) is 5.69 Å². The van der Waals surface area contributed by atoms with Crippen molar-refractivity contribution >= 4 is 28.6 Å². The number of halogens is 2. The second kappa shape index (κ2) is 5.43. The second-order valence-electron chi connectivity index (χ2n) is 3.55. The Bertz CT molecular complexity index is 584. The van der Waals surface area contributed by atoms with Crippen molar-refractivity contribution in [2.24, 2.45) is 0 Å². The summed E-state index contributed by atoms with van der Waals surface area (Å²) in [5.41, 5.74) is 1.95. The summed E-state index contributed by atoms with van der Waals surface area (Å²) in [7, 11) is 1.31. The Kier molecular flexibility index (Phi) is 3.90. The molecular weight excluding hydrogens is 348 g/mol. The van der Waals surface area contributed by atoms with Crippen LogP contribution >= 0.6 is 22.6 Å². The molecule has 0 fully saturated rings. The number of esters is 1. The maximum Gasteiger partial charge on any atom is 0.357 e. The molecule has 0 aliphatic heterocycles. The fourth-order valence-corrected chi connectivity index (χ4v) is 2.18. The van der Waals surface area contributed by atoms with Crippen LogP contribution in [-0.4, -0.2) is 18.1 Å². The van der Waals surface area contributed by atoms with E-state index in [0.717, 1.165) is 11.1 Å². The molecule has 0 N–H and O–H groups in total. The molecule has 0 bridgehead atoms. The van der Waals surface area contributed by atoms with Crippen LogP contribution in [0.4, 0.5) is 4.39 Å². The van der Waals surface area contributed by atoms with E-state index >= 15 is 0 Å². The van der Waals surface area contributed by atoms with Crippen molar-refractivity contribution in [1.82, 2.24) is 4.98 Å². The largest absolute Gasteiger partial charge is 0.464 e. The number of benzene rings is 1. The number of rotatable bonds is 2. The number of carbonyl (C=O) groups is 1. The minimum atomic E-state index is -0.468. The molecule has 0 amide bonds. The van der Waals surface area contributed by atoms with Crippen molar-refractivity contribution in [2.45, 2.75) is 0 Å². The third-order valence-corrected chi connectivity index (χ3v) is 3.22.